The summed E-state index contributed by atoms with van der Waals surface area (Å²) in [6.07, 6.45) is 5.72. The highest BCUT2D eigenvalue weighted by Gasteiger charge is 2.29. The molecule has 3 rings (SSSR count). The minimum Gasteiger partial charge on any atom is -0.341 e. The Bertz CT molecular complexity index is 743. The third-order valence-electron chi connectivity index (χ3n) is 5.02. The van der Waals surface area contributed by atoms with Crippen molar-refractivity contribution in [1.82, 2.24) is 20.5 Å². The predicted octanol–water partition coefficient (Wildman–Crippen LogP) is 1.63. The van der Waals surface area contributed by atoms with Crippen molar-refractivity contribution in [3.63, 3.8) is 0 Å². The van der Waals surface area contributed by atoms with Crippen molar-refractivity contribution in [3.05, 3.63) is 66.0 Å². The van der Waals surface area contributed by atoms with Crippen molar-refractivity contribution in [2.24, 2.45) is 0 Å². The average molecular weight is 366 g/mol. The molecule has 0 aliphatic carbocycles. The van der Waals surface area contributed by atoms with E-state index in [1.165, 1.54) is 0 Å². The molecule has 1 saturated heterocycles. The van der Waals surface area contributed by atoms with Crippen molar-refractivity contribution >= 4 is 11.8 Å². The summed E-state index contributed by atoms with van der Waals surface area (Å²) in [7, 11) is 1.95. The highest BCUT2D eigenvalue weighted by molar-refractivity contribution is 5.97. The molecule has 1 unspecified atom stereocenters. The van der Waals surface area contributed by atoms with E-state index in [1.54, 1.807) is 24.5 Å². The van der Waals surface area contributed by atoms with Gasteiger partial charge in [-0.05, 0) is 43.7 Å². The number of carbonyl (C=O) groups is 2. The van der Waals surface area contributed by atoms with Crippen LogP contribution in [0.5, 0.6) is 0 Å². The molecule has 0 bridgehead atoms. The smallest absolute Gasteiger partial charge is 0.251 e. The summed E-state index contributed by atoms with van der Waals surface area (Å²) >= 11 is 0. The van der Waals surface area contributed by atoms with Gasteiger partial charge in [0, 0.05) is 43.5 Å². The fraction of sp³-hybridized carbons (Fsp3) is 0.381. The molecular weight excluding hydrogens is 340 g/mol. The van der Waals surface area contributed by atoms with Gasteiger partial charge in [-0.15, -0.1) is 0 Å². The van der Waals surface area contributed by atoms with E-state index in [0.29, 0.717) is 31.1 Å². The van der Waals surface area contributed by atoms with E-state index in [0.717, 1.165) is 18.4 Å². The third kappa shape index (κ3) is 5.14. The number of amides is 2. The number of carbonyl (C=O) groups excluding carboxylic acids is 2. The van der Waals surface area contributed by atoms with Crippen molar-refractivity contribution in [3.8, 4) is 0 Å². The first-order valence-corrected chi connectivity index (χ1v) is 9.38. The van der Waals surface area contributed by atoms with Crippen molar-refractivity contribution in [2.75, 3.05) is 20.1 Å². The Kier molecular flexibility index (Phi) is 6.54. The van der Waals surface area contributed by atoms with E-state index in [2.05, 4.69) is 15.6 Å². The number of hydrogen-bond donors (Lipinski definition) is 2. The van der Waals surface area contributed by atoms with Crippen LogP contribution in [0, 0.1) is 0 Å². The van der Waals surface area contributed by atoms with Crippen LogP contribution in [-0.4, -0.2) is 53.9 Å². The Labute approximate surface area is 160 Å². The molecule has 2 amide bonds. The first-order chi connectivity index (χ1) is 13.2. The number of likely N-dealkylation sites (tertiary alicyclic amines) is 1. The zero-order valence-electron chi connectivity index (χ0n) is 15.6. The average Bonchev–Trinajstić information content (AvgIpc) is 2.74. The van der Waals surface area contributed by atoms with Gasteiger partial charge in [0.05, 0.1) is 0 Å². The lowest BCUT2D eigenvalue weighted by Gasteiger charge is -2.34. The van der Waals surface area contributed by atoms with Gasteiger partial charge in [0.25, 0.3) is 5.91 Å². The van der Waals surface area contributed by atoms with Crippen molar-refractivity contribution in [2.45, 2.75) is 31.3 Å². The number of nitrogens with zero attached hydrogens (tertiary/aromatic N) is 2. The minimum absolute atomic E-state index is 0.0299. The number of rotatable bonds is 6. The highest BCUT2D eigenvalue weighted by Crippen LogP contribution is 2.13. The van der Waals surface area contributed by atoms with Gasteiger partial charge in [0.1, 0.15) is 6.04 Å². The van der Waals surface area contributed by atoms with Crippen molar-refractivity contribution in [1.29, 1.82) is 0 Å². The Morgan fingerprint density at radius 1 is 1.15 bits per heavy atom. The molecular formula is C21H26N4O2. The molecule has 0 spiro atoms. The zero-order chi connectivity index (χ0) is 19.1. The van der Waals surface area contributed by atoms with Crippen LogP contribution in [0.2, 0.25) is 0 Å². The lowest BCUT2D eigenvalue weighted by Crippen LogP contribution is -2.53. The largest absolute Gasteiger partial charge is 0.341 e. The van der Waals surface area contributed by atoms with Crippen LogP contribution in [0.1, 0.15) is 28.8 Å². The maximum absolute atomic E-state index is 13.1. The van der Waals surface area contributed by atoms with Gasteiger partial charge in [-0.2, -0.15) is 0 Å². The van der Waals surface area contributed by atoms with Crippen LogP contribution >= 0.6 is 0 Å². The van der Waals surface area contributed by atoms with Crippen LogP contribution < -0.4 is 10.6 Å². The molecule has 0 radical (unpaired) electrons. The number of piperidine rings is 1. The van der Waals surface area contributed by atoms with E-state index in [1.807, 2.05) is 42.3 Å². The zero-order valence-corrected chi connectivity index (χ0v) is 15.6. The lowest BCUT2D eigenvalue weighted by atomic mass is 10.0. The second kappa shape index (κ2) is 9.28. The first-order valence-electron chi connectivity index (χ1n) is 9.38. The van der Waals surface area contributed by atoms with Gasteiger partial charge in [-0.1, -0.05) is 24.3 Å². The molecule has 2 N–H and O–H groups in total. The SMILES string of the molecule is CNC1CCN(C(=O)C(Cc2cccnc2)NC(=O)c2ccccc2)CC1. The van der Waals surface area contributed by atoms with E-state index >= 15 is 0 Å². The number of benzene rings is 1. The van der Waals surface area contributed by atoms with Gasteiger partial charge in [0.2, 0.25) is 5.91 Å². The molecule has 1 aromatic carbocycles. The fourth-order valence-electron chi connectivity index (χ4n) is 3.39. The molecule has 1 atom stereocenters. The number of pyridine rings is 1. The van der Waals surface area contributed by atoms with Crippen molar-refractivity contribution < 1.29 is 9.59 Å². The second-order valence-corrected chi connectivity index (χ2v) is 6.85. The lowest BCUT2D eigenvalue weighted by molar-refractivity contribution is -0.134. The maximum atomic E-state index is 13.1. The highest BCUT2D eigenvalue weighted by atomic mass is 16.2. The summed E-state index contributed by atoms with van der Waals surface area (Å²) in [6, 6.07) is 12.6. The standard InChI is InChI=1S/C21H26N4O2/c1-22-18-9-12-25(13-10-18)21(27)19(14-16-6-5-11-23-15-16)24-20(26)17-7-3-2-4-8-17/h2-8,11,15,18-19,22H,9-10,12-14H2,1H3,(H,24,26). The van der Waals surface area contributed by atoms with E-state index in [4.69, 9.17) is 0 Å². The number of hydrogen-bond acceptors (Lipinski definition) is 4. The Morgan fingerprint density at radius 2 is 1.89 bits per heavy atom. The molecule has 142 valence electrons. The first kappa shape index (κ1) is 19.0. The maximum Gasteiger partial charge on any atom is 0.251 e. The molecule has 1 aromatic heterocycles. The molecule has 2 heterocycles. The molecule has 2 aromatic rings. The monoisotopic (exact) mass is 366 g/mol. The Balaban J connectivity index is 1.73. The van der Waals surface area contributed by atoms with Crippen LogP contribution in [0.25, 0.3) is 0 Å². The summed E-state index contributed by atoms with van der Waals surface area (Å²) in [5.74, 6) is -0.263. The van der Waals surface area contributed by atoms with E-state index in [-0.39, 0.29) is 11.8 Å². The molecule has 6 heteroatoms. The number of nitrogens with one attached hydrogen (secondary N) is 2. The van der Waals surface area contributed by atoms with Gasteiger partial charge in [0.15, 0.2) is 0 Å². The van der Waals surface area contributed by atoms with Gasteiger partial charge >= 0.3 is 0 Å². The van der Waals surface area contributed by atoms with Crippen LogP contribution in [-0.2, 0) is 11.2 Å². The van der Waals surface area contributed by atoms with Gasteiger partial charge in [-0.3, -0.25) is 14.6 Å². The van der Waals surface area contributed by atoms with Gasteiger partial charge < -0.3 is 15.5 Å². The summed E-state index contributed by atoms with van der Waals surface area (Å²) in [6.45, 7) is 1.41. The molecule has 6 nitrogen and oxygen atoms in total. The molecule has 1 aliphatic rings. The summed E-state index contributed by atoms with van der Waals surface area (Å²) in [5, 5.41) is 6.20. The Morgan fingerprint density at radius 3 is 2.52 bits per heavy atom. The van der Waals surface area contributed by atoms with Gasteiger partial charge in [-0.25, -0.2) is 0 Å². The fourth-order valence-corrected chi connectivity index (χ4v) is 3.39. The minimum atomic E-state index is -0.604. The summed E-state index contributed by atoms with van der Waals surface area (Å²) in [5.41, 5.74) is 1.48. The molecule has 27 heavy (non-hydrogen) atoms. The second-order valence-electron chi connectivity index (χ2n) is 6.85. The topological polar surface area (TPSA) is 74.3 Å². The Hall–Kier alpha value is -2.73. The van der Waals surface area contributed by atoms with Crippen LogP contribution in [0.4, 0.5) is 0 Å². The molecule has 0 saturated carbocycles. The van der Waals surface area contributed by atoms with E-state index < -0.39 is 6.04 Å². The molecule has 1 fully saturated rings. The van der Waals surface area contributed by atoms with E-state index in [9.17, 15) is 9.59 Å². The number of aromatic nitrogens is 1. The summed E-state index contributed by atoms with van der Waals surface area (Å²) < 4.78 is 0. The third-order valence-corrected chi connectivity index (χ3v) is 5.02. The van der Waals surface area contributed by atoms with Crippen LogP contribution in [0.3, 0.4) is 0 Å². The molecule has 1 aliphatic heterocycles. The normalized spacial score (nSPS) is 16.0. The van der Waals surface area contributed by atoms with Crippen LogP contribution in [0.15, 0.2) is 54.9 Å². The quantitative estimate of drug-likeness (QED) is 0.815. The predicted molar refractivity (Wildman–Crippen MR) is 104 cm³/mol. The summed E-state index contributed by atoms with van der Waals surface area (Å²) in [4.78, 5) is 31.7.